The average Bonchev–Trinajstić information content (AvgIpc) is 2.52. The number of rotatable bonds is 1. The van der Waals surface area contributed by atoms with E-state index in [1.807, 2.05) is 11.5 Å². The van der Waals surface area contributed by atoms with Gasteiger partial charge in [-0.2, -0.15) is 0 Å². The van der Waals surface area contributed by atoms with E-state index in [2.05, 4.69) is 9.88 Å². The van der Waals surface area contributed by atoms with E-state index in [1.54, 1.807) is 11.3 Å². The zero-order chi connectivity index (χ0) is 9.26. The zero-order valence-corrected chi connectivity index (χ0v) is 9.16. The molecule has 2 heterocycles. The van der Waals surface area contributed by atoms with Gasteiger partial charge in [-0.1, -0.05) is 29.3 Å². The second kappa shape index (κ2) is 3.86. The van der Waals surface area contributed by atoms with Gasteiger partial charge in [0.1, 0.15) is 5.15 Å². The van der Waals surface area contributed by atoms with Crippen molar-refractivity contribution in [1.82, 2.24) is 4.98 Å². The van der Waals surface area contributed by atoms with E-state index in [-0.39, 0.29) is 0 Å². The van der Waals surface area contributed by atoms with E-state index < -0.39 is 0 Å². The van der Waals surface area contributed by atoms with Crippen LogP contribution in [-0.2, 0) is 0 Å². The molecule has 0 N–H and O–H groups in total. The lowest BCUT2D eigenvalue weighted by molar-refractivity contribution is 0.808. The number of aromatic nitrogens is 1. The van der Waals surface area contributed by atoms with Gasteiger partial charge in [0.25, 0.3) is 0 Å². The summed E-state index contributed by atoms with van der Waals surface area (Å²) in [6.45, 7) is 1.73. The van der Waals surface area contributed by atoms with Crippen molar-refractivity contribution in [3.8, 4) is 0 Å². The fourth-order valence-corrected chi connectivity index (χ4v) is 2.49. The summed E-state index contributed by atoms with van der Waals surface area (Å²) in [5.74, 6) is 0. The van der Waals surface area contributed by atoms with Crippen LogP contribution in [0.4, 0.5) is 5.13 Å². The maximum Gasteiger partial charge on any atom is 0.187 e. The molecule has 0 aliphatic carbocycles. The molecule has 0 bridgehead atoms. The lowest BCUT2D eigenvalue weighted by Gasteiger charge is -2.24. The third-order valence-electron chi connectivity index (χ3n) is 1.84. The Morgan fingerprint density at radius 3 is 2.92 bits per heavy atom. The van der Waals surface area contributed by atoms with Gasteiger partial charge in [0.2, 0.25) is 0 Å². The highest BCUT2D eigenvalue weighted by Crippen LogP contribution is 2.26. The third-order valence-corrected chi connectivity index (χ3v) is 3.34. The highest BCUT2D eigenvalue weighted by Gasteiger charge is 2.14. The fourth-order valence-electron chi connectivity index (χ4n) is 1.26. The first-order valence-electron chi connectivity index (χ1n) is 3.96. The van der Waals surface area contributed by atoms with Gasteiger partial charge < -0.3 is 4.90 Å². The highest BCUT2D eigenvalue weighted by atomic mass is 35.5. The van der Waals surface area contributed by atoms with Crippen LogP contribution in [0.1, 0.15) is 6.42 Å². The second-order valence-electron chi connectivity index (χ2n) is 2.81. The molecule has 2 rings (SSSR count). The summed E-state index contributed by atoms with van der Waals surface area (Å²) in [5, 5.41) is 4.24. The van der Waals surface area contributed by atoms with E-state index in [0.29, 0.717) is 5.15 Å². The standard InChI is InChI=1S/C8H8Cl2N2S/c9-6-2-1-3-12(4-6)8-11-7(10)5-13-8/h2,5H,1,3-4H2. The molecule has 1 aromatic heterocycles. The van der Waals surface area contributed by atoms with Crippen molar-refractivity contribution in [3.05, 3.63) is 21.6 Å². The summed E-state index contributed by atoms with van der Waals surface area (Å²) < 4.78 is 0. The number of thiazole rings is 1. The van der Waals surface area contributed by atoms with E-state index in [9.17, 15) is 0 Å². The van der Waals surface area contributed by atoms with Crippen molar-refractivity contribution >= 4 is 39.7 Å². The topological polar surface area (TPSA) is 16.1 Å². The van der Waals surface area contributed by atoms with Crippen LogP contribution in [0.2, 0.25) is 5.15 Å². The molecule has 0 radical (unpaired) electrons. The molecule has 1 aromatic rings. The van der Waals surface area contributed by atoms with E-state index in [1.165, 1.54) is 0 Å². The van der Waals surface area contributed by atoms with Gasteiger partial charge in [-0.15, -0.1) is 11.3 Å². The SMILES string of the molecule is ClC1=CCCN(c2nc(Cl)cs2)C1. The van der Waals surface area contributed by atoms with Gasteiger partial charge in [-0.3, -0.25) is 0 Å². The van der Waals surface area contributed by atoms with Gasteiger partial charge in [0, 0.05) is 17.0 Å². The smallest absolute Gasteiger partial charge is 0.187 e. The van der Waals surface area contributed by atoms with E-state index in [4.69, 9.17) is 23.2 Å². The summed E-state index contributed by atoms with van der Waals surface area (Å²) in [4.78, 5) is 6.33. The molecule has 0 saturated heterocycles. The molecule has 1 aliphatic heterocycles. The summed E-state index contributed by atoms with van der Waals surface area (Å²) >= 11 is 13.2. The highest BCUT2D eigenvalue weighted by molar-refractivity contribution is 7.14. The molecule has 70 valence electrons. The van der Waals surface area contributed by atoms with Crippen LogP contribution in [-0.4, -0.2) is 18.1 Å². The lowest BCUT2D eigenvalue weighted by Crippen LogP contribution is -2.28. The van der Waals surface area contributed by atoms with Gasteiger partial charge in [0.15, 0.2) is 5.13 Å². The second-order valence-corrected chi connectivity index (χ2v) is 4.52. The monoisotopic (exact) mass is 234 g/mol. The molecular weight excluding hydrogens is 227 g/mol. The molecular formula is C8H8Cl2N2S. The number of hydrogen-bond donors (Lipinski definition) is 0. The normalized spacial score (nSPS) is 17.4. The minimum atomic E-state index is 0.561. The Kier molecular flexibility index (Phi) is 2.77. The van der Waals surface area contributed by atoms with Crippen LogP contribution in [0, 0.1) is 0 Å². The Morgan fingerprint density at radius 1 is 1.46 bits per heavy atom. The van der Waals surface area contributed by atoms with Crippen molar-refractivity contribution in [2.45, 2.75) is 6.42 Å². The van der Waals surface area contributed by atoms with Crippen molar-refractivity contribution in [1.29, 1.82) is 0 Å². The van der Waals surface area contributed by atoms with Crippen LogP contribution in [0.15, 0.2) is 16.5 Å². The molecule has 0 aromatic carbocycles. The van der Waals surface area contributed by atoms with Crippen LogP contribution >= 0.6 is 34.5 Å². The van der Waals surface area contributed by atoms with Crippen molar-refractivity contribution in [2.24, 2.45) is 0 Å². The lowest BCUT2D eigenvalue weighted by atomic mass is 10.3. The largest absolute Gasteiger partial charge is 0.343 e. The van der Waals surface area contributed by atoms with Crippen molar-refractivity contribution in [3.63, 3.8) is 0 Å². The molecule has 1 aliphatic rings. The predicted molar refractivity (Wildman–Crippen MR) is 57.9 cm³/mol. The molecule has 13 heavy (non-hydrogen) atoms. The summed E-state index contributed by atoms with van der Waals surface area (Å²) in [5.41, 5.74) is 0. The van der Waals surface area contributed by atoms with Gasteiger partial charge in [0.05, 0.1) is 6.54 Å². The van der Waals surface area contributed by atoms with Crippen LogP contribution in [0.5, 0.6) is 0 Å². The molecule has 0 amide bonds. The maximum absolute atomic E-state index is 5.93. The summed E-state index contributed by atoms with van der Waals surface area (Å²) in [6.07, 6.45) is 3.03. The van der Waals surface area contributed by atoms with Gasteiger partial charge in [-0.25, -0.2) is 4.98 Å². The summed E-state index contributed by atoms with van der Waals surface area (Å²) in [7, 11) is 0. The van der Waals surface area contributed by atoms with E-state index >= 15 is 0 Å². The Morgan fingerprint density at radius 2 is 2.31 bits per heavy atom. The molecule has 0 spiro atoms. The number of halogens is 2. The Balaban J connectivity index is 2.14. The molecule has 0 saturated carbocycles. The molecule has 2 nitrogen and oxygen atoms in total. The molecule has 0 fully saturated rings. The minimum absolute atomic E-state index is 0.561. The van der Waals surface area contributed by atoms with Crippen molar-refractivity contribution < 1.29 is 0 Å². The quantitative estimate of drug-likeness (QED) is 0.743. The number of hydrogen-bond acceptors (Lipinski definition) is 3. The minimum Gasteiger partial charge on any atom is -0.343 e. The summed E-state index contributed by atoms with van der Waals surface area (Å²) in [6, 6.07) is 0. The first kappa shape index (κ1) is 9.31. The molecule has 5 heteroatoms. The third kappa shape index (κ3) is 2.16. The first-order chi connectivity index (χ1) is 6.25. The number of nitrogens with zero attached hydrogens (tertiary/aromatic N) is 2. The number of anilines is 1. The maximum atomic E-state index is 5.93. The van der Waals surface area contributed by atoms with Crippen molar-refractivity contribution in [2.75, 3.05) is 18.0 Å². The zero-order valence-electron chi connectivity index (χ0n) is 6.83. The fraction of sp³-hybridized carbons (Fsp3) is 0.375. The van der Waals surface area contributed by atoms with Crippen LogP contribution in [0.3, 0.4) is 0 Å². The van der Waals surface area contributed by atoms with Gasteiger partial charge >= 0.3 is 0 Å². The molecule has 0 atom stereocenters. The van der Waals surface area contributed by atoms with Gasteiger partial charge in [-0.05, 0) is 6.42 Å². The first-order valence-corrected chi connectivity index (χ1v) is 5.60. The van der Waals surface area contributed by atoms with E-state index in [0.717, 1.165) is 29.7 Å². The molecule has 0 unspecified atom stereocenters. The predicted octanol–water partition coefficient (Wildman–Crippen LogP) is 3.13. The van der Waals surface area contributed by atoms with Crippen LogP contribution in [0.25, 0.3) is 0 Å². The van der Waals surface area contributed by atoms with Crippen LogP contribution < -0.4 is 4.90 Å². The Hall–Kier alpha value is -0.250. The average molecular weight is 235 g/mol. The Labute approximate surface area is 90.8 Å². The Bertz CT molecular complexity index is 335.